The van der Waals surface area contributed by atoms with Gasteiger partial charge in [-0.1, -0.05) is 0 Å². The molecule has 2 N–H and O–H groups in total. The Kier molecular flexibility index (Phi) is 4.40. The van der Waals surface area contributed by atoms with Crippen LogP contribution in [0.2, 0.25) is 0 Å². The first-order valence-corrected chi connectivity index (χ1v) is 5.98. The normalized spacial score (nSPS) is 9.90. The first-order chi connectivity index (χ1) is 10.1. The minimum absolute atomic E-state index is 0.0327. The zero-order valence-electron chi connectivity index (χ0n) is 10.9. The zero-order valence-corrected chi connectivity index (χ0v) is 10.9. The van der Waals surface area contributed by atoms with Crippen LogP contribution >= 0.6 is 0 Å². The van der Waals surface area contributed by atoms with Crippen molar-refractivity contribution in [3.63, 3.8) is 0 Å². The van der Waals surface area contributed by atoms with Gasteiger partial charge < -0.3 is 19.7 Å². The van der Waals surface area contributed by atoms with Crippen LogP contribution in [0, 0.1) is 0 Å². The van der Waals surface area contributed by atoms with Crippen molar-refractivity contribution in [1.29, 1.82) is 0 Å². The summed E-state index contributed by atoms with van der Waals surface area (Å²) in [6, 6.07) is 10.9. The Balaban J connectivity index is 1.83. The number of benzene rings is 2. The summed E-state index contributed by atoms with van der Waals surface area (Å²) in [5.41, 5.74) is 0.460. The minimum Gasteiger partial charge on any atom is -0.508 e. The lowest BCUT2D eigenvalue weighted by atomic mass is 10.2. The molecular weight excluding hydrogens is 276 g/mol. The molecule has 0 saturated heterocycles. The molecule has 0 radical (unpaired) electrons. The lowest BCUT2D eigenvalue weighted by Gasteiger charge is -2.06. The molecule has 6 nitrogen and oxygen atoms in total. The van der Waals surface area contributed by atoms with E-state index in [1.807, 2.05) is 0 Å². The van der Waals surface area contributed by atoms with Crippen LogP contribution in [0.25, 0.3) is 0 Å². The van der Waals surface area contributed by atoms with E-state index in [0.29, 0.717) is 0 Å². The van der Waals surface area contributed by atoms with Gasteiger partial charge in [0.05, 0.1) is 11.1 Å². The minimum atomic E-state index is -0.673. The quantitative estimate of drug-likeness (QED) is 0.661. The van der Waals surface area contributed by atoms with Gasteiger partial charge in [-0.15, -0.1) is 0 Å². The van der Waals surface area contributed by atoms with Gasteiger partial charge >= 0.3 is 11.9 Å². The molecule has 2 rings (SSSR count). The van der Waals surface area contributed by atoms with E-state index in [4.69, 9.17) is 19.7 Å². The van der Waals surface area contributed by atoms with Crippen LogP contribution in [0.4, 0.5) is 0 Å². The number of esters is 2. The number of carbonyl (C=O) groups is 2. The molecule has 0 fully saturated rings. The van der Waals surface area contributed by atoms with E-state index in [1.54, 1.807) is 0 Å². The first-order valence-electron chi connectivity index (χ1n) is 5.98. The molecule has 0 aliphatic rings. The molecule has 0 amide bonds. The molecule has 21 heavy (non-hydrogen) atoms. The molecule has 0 atom stereocenters. The predicted molar refractivity (Wildman–Crippen MR) is 71.9 cm³/mol. The van der Waals surface area contributed by atoms with Crippen LogP contribution in [0.15, 0.2) is 48.5 Å². The number of hydrogen-bond donors (Lipinski definition) is 2. The third kappa shape index (κ3) is 3.97. The highest BCUT2D eigenvalue weighted by atomic mass is 16.7. The van der Waals surface area contributed by atoms with Gasteiger partial charge in [0.1, 0.15) is 11.5 Å². The molecule has 0 aromatic heterocycles. The Morgan fingerprint density at radius 3 is 1.38 bits per heavy atom. The van der Waals surface area contributed by atoms with Crippen molar-refractivity contribution in [2.45, 2.75) is 0 Å². The maximum Gasteiger partial charge on any atom is 0.341 e. The molecule has 108 valence electrons. The van der Waals surface area contributed by atoms with Gasteiger partial charge in [-0.2, -0.15) is 0 Å². The zero-order chi connectivity index (χ0) is 15.2. The van der Waals surface area contributed by atoms with Crippen molar-refractivity contribution in [3.8, 4) is 11.5 Å². The van der Waals surface area contributed by atoms with Crippen molar-refractivity contribution >= 4 is 11.9 Å². The number of rotatable bonds is 4. The molecule has 2 aromatic rings. The van der Waals surface area contributed by atoms with Crippen LogP contribution in [0.1, 0.15) is 20.7 Å². The van der Waals surface area contributed by atoms with E-state index in [-0.39, 0.29) is 22.6 Å². The molecule has 0 unspecified atom stereocenters. The van der Waals surface area contributed by atoms with Gasteiger partial charge in [0.2, 0.25) is 6.79 Å². The molecule has 0 spiro atoms. The fourth-order valence-electron chi connectivity index (χ4n) is 1.50. The standard InChI is InChI=1S/C15H12O6/c16-12-5-1-10(2-6-12)14(18)20-9-21-15(19)11-3-7-13(17)8-4-11/h1-8,16-17H,9H2. The Morgan fingerprint density at radius 1 is 0.714 bits per heavy atom. The Bertz CT molecular complexity index is 573. The second kappa shape index (κ2) is 6.42. The van der Waals surface area contributed by atoms with Crippen molar-refractivity contribution < 1.29 is 29.3 Å². The van der Waals surface area contributed by atoms with Crippen LogP contribution in [-0.2, 0) is 9.47 Å². The molecular formula is C15H12O6. The van der Waals surface area contributed by atoms with Crippen LogP contribution in [0.5, 0.6) is 11.5 Å². The van der Waals surface area contributed by atoms with Gasteiger partial charge in [-0.05, 0) is 48.5 Å². The summed E-state index contributed by atoms with van der Waals surface area (Å²) in [5.74, 6) is -1.28. The fraction of sp³-hybridized carbons (Fsp3) is 0.0667. The summed E-state index contributed by atoms with van der Waals surface area (Å²) in [7, 11) is 0. The Hall–Kier alpha value is -3.02. The summed E-state index contributed by atoms with van der Waals surface area (Å²) in [5, 5.41) is 18.2. The summed E-state index contributed by atoms with van der Waals surface area (Å²) in [4.78, 5) is 23.2. The second-order valence-electron chi connectivity index (χ2n) is 4.08. The number of aromatic hydroxyl groups is 2. The molecule has 2 aromatic carbocycles. The maximum absolute atomic E-state index is 11.6. The van der Waals surface area contributed by atoms with E-state index < -0.39 is 18.7 Å². The first kappa shape index (κ1) is 14.4. The van der Waals surface area contributed by atoms with Gasteiger partial charge in [-0.3, -0.25) is 0 Å². The summed E-state index contributed by atoms with van der Waals surface area (Å²) < 4.78 is 9.54. The highest BCUT2D eigenvalue weighted by Crippen LogP contribution is 2.12. The van der Waals surface area contributed by atoms with Crippen molar-refractivity contribution in [1.82, 2.24) is 0 Å². The van der Waals surface area contributed by atoms with E-state index in [1.165, 1.54) is 48.5 Å². The van der Waals surface area contributed by atoms with Gasteiger partial charge in [0, 0.05) is 0 Å². The lowest BCUT2D eigenvalue weighted by Crippen LogP contribution is -2.13. The summed E-state index contributed by atoms with van der Waals surface area (Å²) in [6.45, 7) is -0.528. The topological polar surface area (TPSA) is 93.1 Å². The van der Waals surface area contributed by atoms with Crippen molar-refractivity contribution in [3.05, 3.63) is 59.7 Å². The van der Waals surface area contributed by atoms with E-state index in [9.17, 15) is 9.59 Å². The van der Waals surface area contributed by atoms with Gasteiger partial charge in [0.25, 0.3) is 0 Å². The fourth-order valence-corrected chi connectivity index (χ4v) is 1.50. The Morgan fingerprint density at radius 2 is 1.05 bits per heavy atom. The predicted octanol–water partition coefficient (Wildman–Crippen LogP) is 2.07. The van der Waals surface area contributed by atoms with E-state index in [0.717, 1.165) is 0 Å². The molecule has 0 saturated carbocycles. The average Bonchev–Trinajstić information content (AvgIpc) is 2.48. The molecule has 0 aliphatic heterocycles. The number of phenols is 2. The third-order valence-electron chi connectivity index (χ3n) is 2.59. The second-order valence-corrected chi connectivity index (χ2v) is 4.08. The van der Waals surface area contributed by atoms with Crippen LogP contribution < -0.4 is 0 Å². The highest BCUT2D eigenvalue weighted by Gasteiger charge is 2.10. The monoisotopic (exact) mass is 288 g/mol. The number of carbonyl (C=O) groups excluding carboxylic acids is 2. The number of phenolic OH excluding ortho intramolecular Hbond substituents is 2. The highest BCUT2D eigenvalue weighted by molar-refractivity contribution is 5.90. The summed E-state index contributed by atoms with van der Waals surface area (Å²) >= 11 is 0. The molecule has 0 aliphatic carbocycles. The van der Waals surface area contributed by atoms with Gasteiger partial charge in [0.15, 0.2) is 0 Å². The SMILES string of the molecule is O=C(OCOC(=O)c1ccc(O)cc1)c1ccc(O)cc1. The number of hydrogen-bond acceptors (Lipinski definition) is 6. The molecule has 0 heterocycles. The lowest BCUT2D eigenvalue weighted by molar-refractivity contribution is -0.0167. The van der Waals surface area contributed by atoms with Crippen LogP contribution in [0.3, 0.4) is 0 Å². The number of ether oxygens (including phenoxy) is 2. The van der Waals surface area contributed by atoms with Crippen molar-refractivity contribution in [2.24, 2.45) is 0 Å². The van der Waals surface area contributed by atoms with Gasteiger partial charge in [-0.25, -0.2) is 9.59 Å². The largest absolute Gasteiger partial charge is 0.508 e. The van der Waals surface area contributed by atoms with E-state index in [2.05, 4.69) is 0 Å². The van der Waals surface area contributed by atoms with Crippen molar-refractivity contribution in [2.75, 3.05) is 6.79 Å². The molecule has 0 bridgehead atoms. The van der Waals surface area contributed by atoms with E-state index >= 15 is 0 Å². The third-order valence-corrected chi connectivity index (χ3v) is 2.59. The average molecular weight is 288 g/mol. The molecule has 6 heteroatoms. The summed E-state index contributed by atoms with van der Waals surface area (Å²) in [6.07, 6.45) is 0. The van der Waals surface area contributed by atoms with Crippen LogP contribution in [-0.4, -0.2) is 28.9 Å². The Labute approximate surface area is 120 Å². The maximum atomic E-state index is 11.6. The smallest absolute Gasteiger partial charge is 0.341 e.